The normalized spacial score (nSPS) is 25.5. The van der Waals surface area contributed by atoms with Crippen molar-refractivity contribution in [2.45, 2.75) is 51.7 Å². The highest BCUT2D eigenvalue weighted by Gasteiger charge is 2.26. The van der Waals surface area contributed by atoms with Gasteiger partial charge in [-0.25, -0.2) is 0 Å². The molecule has 18 heavy (non-hydrogen) atoms. The first-order valence-electron chi connectivity index (χ1n) is 6.93. The predicted octanol–water partition coefficient (Wildman–Crippen LogP) is 3.86. The van der Waals surface area contributed by atoms with Crippen LogP contribution in [0.5, 0.6) is 0 Å². The predicted molar refractivity (Wildman–Crippen MR) is 83.2 cm³/mol. The molecule has 2 unspecified atom stereocenters. The number of hydrogen-bond donors (Lipinski definition) is 1. The minimum atomic E-state index is 0.677. The number of nitrogens with zero attached hydrogens (tertiary/aromatic N) is 1. The molecule has 2 heterocycles. The van der Waals surface area contributed by atoms with Gasteiger partial charge in [-0.2, -0.15) is 0 Å². The highest BCUT2D eigenvalue weighted by Crippen LogP contribution is 2.26. The van der Waals surface area contributed by atoms with Crippen LogP contribution in [0.1, 0.15) is 38.0 Å². The molecular formula is C14H23BrN2S. The van der Waals surface area contributed by atoms with E-state index in [2.05, 4.69) is 51.4 Å². The molecule has 0 radical (unpaired) electrons. The Morgan fingerprint density at radius 2 is 2.33 bits per heavy atom. The standard InChI is InChI=1S/C14H23BrN2S/c1-3-5-11-9-17(12(4-2)8-16-11)10-14-13(15)6-7-18-14/h6-7,11-12,16H,3-5,8-10H2,1-2H3. The monoisotopic (exact) mass is 330 g/mol. The summed E-state index contributed by atoms with van der Waals surface area (Å²) in [6.07, 6.45) is 3.79. The van der Waals surface area contributed by atoms with Crippen LogP contribution in [-0.4, -0.2) is 30.1 Å². The lowest BCUT2D eigenvalue weighted by molar-refractivity contribution is 0.116. The first-order valence-corrected chi connectivity index (χ1v) is 8.61. The van der Waals surface area contributed by atoms with E-state index in [1.165, 1.54) is 35.2 Å². The van der Waals surface area contributed by atoms with Crippen molar-refractivity contribution in [3.63, 3.8) is 0 Å². The van der Waals surface area contributed by atoms with Gasteiger partial charge in [-0.15, -0.1) is 11.3 Å². The molecule has 0 aliphatic carbocycles. The van der Waals surface area contributed by atoms with Crippen LogP contribution in [0.15, 0.2) is 15.9 Å². The largest absolute Gasteiger partial charge is 0.311 e. The zero-order valence-corrected chi connectivity index (χ0v) is 13.7. The summed E-state index contributed by atoms with van der Waals surface area (Å²) in [7, 11) is 0. The third-order valence-corrected chi connectivity index (χ3v) is 5.67. The van der Waals surface area contributed by atoms with Gasteiger partial charge in [-0.3, -0.25) is 4.90 Å². The van der Waals surface area contributed by atoms with Crippen molar-refractivity contribution in [2.24, 2.45) is 0 Å². The number of rotatable bonds is 5. The van der Waals surface area contributed by atoms with Crippen molar-refractivity contribution >= 4 is 27.3 Å². The Kier molecular flexibility index (Phi) is 5.67. The molecule has 2 rings (SSSR count). The number of thiophene rings is 1. The number of nitrogens with one attached hydrogen (secondary N) is 1. The van der Waals surface area contributed by atoms with Gasteiger partial charge < -0.3 is 5.32 Å². The Labute approximate surface area is 123 Å². The number of hydrogen-bond acceptors (Lipinski definition) is 3. The van der Waals surface area contributed by atoms with E-state index in [0.717, 1.165) is 13.1 Å². The molecule has 2 nitrogen and oxygen atoms in total. The summed E-state index contributed by atoms with van der Waals surface area (Å²) in [5.74, 6) is 0. The number of piperazine rings is 1. The van der Waals surface area contributed by atoms with E-state index in [1.54, 1.807) is 0 Å². The molecule has 1 fully saturated rings. The van der Waals surface area contributed by atoms with Crippen LogP contribution in [0.3, 0.4) is 0 Å². The van der Waals surface area contributed by atoms with Gasteiger partial charge in [0.1, 0.15) is 0 Å². The third kappa shape index (κ3) is 3.56. The summed E-state index contributed by atoms with van der Waals surface area (Å²) in [5, 5.41) is 5.87. The van der Waals surface area contributed by atoms with Crippen LogP contribution in [0.25, 0.3) is 0 Å². The van der Waals surface area contributed by atoms with E-state index < -0.39 is 0 Å². The summed E-state index contributed by atoms with van der Waals surface area (Å²) in [5.41, 5.74) is 0. The Morgan fingerprint density at radius 3 is 2.94 bits per heavy atom. The fourth-order valence-corrected chi connectivity index (χ4v) is 4.19. The molecular weight excluding hydrogens is 308 g/mol. The lowest BCUT2D eigenvalue weighted by atomic mass is 10.0. The molecule has 4 heteroatoms. The minimum absolute atomic E-state index is 0.677. The van der Waals surface area contributed by atoms with E-state index in [1.807, 2.05) is 11.3 Å². The van der Waals surface area contributed by atoms with E-state index in [-0.39, 0.29) is 0 Å². The SMILES string of the molecule is CCCC1CN(Cc2sccc2Br)C(CC)CN1. The molecule has 1 saturated heterocycles. The Hall–Kier alpha value is 0.1000. The average Bonchev–Trinajstić information content (AvgIpc) is 2.76. The van der Waals surface area contributed by atoms with Crippen LogP contribution in [0, 0.1) is 0 Å². The maximum absolute atomic E-state index is 3.70. The second-order valence-corrected chi connectivity index (χ2v) is 6.93. The topological polar surface area (TPSA) is 15.3 Å². The van der Waals surface area contributed by atoms with Gasteiger partial charge in [0.15, 0.2) is 0 Å². The molecule has 1 aromatic heterocycles. The van der Waals surface area contributed by atoms with Crippen molar-refractivity contribution < 1.29 is 0 Å². The fraction of sp³-hybridized carbons (Fsp3) is 0.714. The molecule has 0 saturated carbocycles. The van der Waals surface area contributed by atoms with Crippen LogP contribution in [0.2, 0.25) is 0 Å². The van der Waals surface area contributed by atoms with E-state index >= 15 is 0 Å². The quantitative estimate of drug-likeness (QED) is 0.881. The molecule has 1 aliphatic rings. The Morgan fingerprint density at radius 1 is 1.50 bits per heavy atom. The smallest absolute Gasteiger partial charge is 0.0343 e. The van der Waals surface area contributed by atoms with Gasteiger partial charge in [-0.1, -0.05) is 20.3 Å². The Balaban J connectivity index is 2.00. The van der Waals surface area contributed by atoms with Crippen molar-refractivity contribution in [1.29, 1.82) is 0 Å². The molecule has 0 bridgehead atoms. The van der Waals surface area contributed by atoms with Gasteiger partial charge in [0, 0.05) is 41.1 Å². The zero-order chi connectivity index (χ0) is 13.0. The molecule has 0 aromatic carbocycles. The second kappa shape index (κ2) is 7.04. The van der Waals surface area contributed by atoms with Crippen LogP contribution < -0.4 is 5.32 Å². The minimum Gasteiger partial charge on any atom is -0.311 e. The lowest BCUT2D eigenvalue weighted by Crippen LogP contribution is -2.55. The summed E-state index contributed by atoms with van der Waals surface area (Å²) in [6, 6.07) is 3.52. The van der Waals surface area contributed by atoms with Gasteiger partial charge >= 0.3 is 0 Å². The maximum Gasteiger partial charge on any atom is 0.0343 e. The lowest BCUT2D eigenvalue weighted by Gasteiger charge is -2.40. The first kappa shape index (κ1) is 14.5. The van der Waals surface area contributed by atoms with Crippen molar-refractivity contribution in [3.8, 4) is 0 Å². The molecule has 0 spiro atoms. The molecule has 1 aromatic rings. The molecule has 1 N–H and O–H groups in total. The molecule has 0 amide bonds. The van der Waals surface area contributed by atoms with Gasteiger partial charge in [0.2, 0.25) is 0 Å². The summed E-state index contributed by atoms with van der Waals surface area (Å²) in [4.78, 5) is 4.12. The van der Waals surface area contributed by atoms with Gasteiger partial charge in [0.05, 0.1) is 0 Å². The zero-order valence-electron chi connectivity index (χ0n) is 11.3. The highest BCUT2D eigenvalue weighted by atomic mass is 79.9. The van der Waals surface area contributed by atoms with Crippen LogP contribution in [0.4, 0.5) is 0 Å². The van der Waals surface area contributed by atoms with E-state index in [9.17, 15) is 0 Å². The first-order chi connectivity index (χ1) is 8.74. The molecule has 1 aliphatic heterocycles. The van der Waals surface area contributed by atoms with E-state index in [0.29, 0.717) is 12.1 Å². The van der Waals surface area contributed by atoms with Crippen molar-refractivity contribution in [1.82, 2.24) is 10.2 Å². The number of halogens is 1. The highest BCUT2D eigenvalue weighted by molar-refractivity contribution is 9.10. The summed E-state index contributed by atoms with van der Waals surface area (Å²) < 4.78 is 1.27. The van der Waals surface area contributed by atoms with Crippen molar-refractivity contribution in [3.05, 3.63) is 20.8 Å². The van der Waals surface area contributed by atoms with E-state index in [4.69, 9.17) is 0 Å². The maximum atomic E-state index is 3.70. The second-order valence-electron chi connectivity index (χ2n) is 5.08. The van der Waals surface area contributed by atoms with Gasteiger partial charge in [0.25, 0.3) is 0 Å². The van der Waals surface area contributed by atoms with Crippen molar-refractivity contribution in [2.75, 3.05) is 13.1 Å². The fourth-order valence-electron chi connectivity index (χ4n) is 2.69. The molecule has 102 valence electrons. The summed E-state index contributed by atoms with van der Waals surface area (Å²) >= 11 is 5.51. The Bertz CT molecular complexity index is 366. The summed E-state index contributed by atoms with van der Waals surface area (Å²) in [6.45, 7) is 8.00. The van der Waals surface area contributed by atoms with Crippen LogP contribution >= 0.6 is 27.3 Å². The third-order valence-electron chi connectivity index (χ3n) is 3.76. The van der Waals surface area contributed by atoms with Crippen LogP contribution in [-0.2, 0) is 6.54 Å². The average molecular weight is 331 g/mol. The van der Waals surface area contributed by atoms with Gasteiger partial charge in [-0.05, 0) is 40.2 Å². The molecule has 2 atom stereocenters.